The molecular weight excluding hydrogens is 232 g/mol. The van der Waals surface area contributed by atoms with Gasteiger partial charge in [-0.15, -0.1) is 11.8 Å². The Morgan fingerprint density at radius 3 is 2.53 bits per heavy atom. The van der Waals surface area contributed by atoms with Crippen LogP contribution in [-0.4, -0.2) is 42.7 Å². The summed E-state index contributed by atoms with van der Waals surface area (Å²) in [5.74, 6) is 1.21. The van der Waals surface area contributed by atoms with Gasteiger partial charge in [0.05, 0.1) is 0 Å². The van der Waals surface area contributed by atoms with Crippen molar-refractivity contribution in [2.75, 3.05) is 31.9 Å². The summed E-state index contributed by atoms with van der Waals surface area (Å²) in [7, 11) is 0. The minimum absolute atomic E-state index is 0.152. The lowest BCUT2D eigenvalue weighted by Crippen LogP contribution is -2.46. The summed E-state index contributed by atoms with van der Waals surface area (Å²) in [5.41, 5.74) is 0.798. The molecular formula is C13H18N2OS. The van der Waals surface area contributed by atoms with E-state index in [0.29, 0.717) is 0 Å². The molecule has 0 unspecified atom stereocenters. The predicted octanol–water partition coefficient (Wildman–Crippen LogP) is 1.84. The third kappa shape index (κ3) is 3.23. The number of hydrogen-bond acceptors (Lipinski definition) is 3. The third-order valence-electron chi connectivity index (χ3n) is 2.82. The van der Waals surface area contributed by atoms with E-state index in [1.165, 1.54) is 4.90 Å². The van der Waals surface area contributed by atoms with Gasteiger partial charge in [-0.3, -0.25) is 4.79 Å². The van der Waals surface area contributed by atoms with E-state index >= 15 is 0 Å². The molecule has 1 aliphatic heterocycles. The van der Waals surface area contributed by atoms with Crippen LogP contribution in [0.2, 0.25) is 0 Å². The van der Waals surface area contributed by atoms with Crippen LogP contribution in [0.4, 0.5) is 0 Å². The van der Waals surface area contributed by atoms with Crippen molar-refractivity contribution >= 4 is 17.7 Å². The van der Waals surface area contributed by atoms with Crippen LogP contribution in [0.5, 0.6) is 0 Å². The summed E-state index contributed by atoms with van der Waals surface area (Å²) in [4.78, 5) is 15.3. The van der Waals surface area contributed by atoms with Crippen LogP contribution in [-0.2, 0) is 0 Å². The second-order valence-corrected chi connectivity index (χ2v) is 5.34. The number of benzene rings is 1. The van der Waals surface area contributed by atoms with Gasteiger partial charge in [0, 0.05) is 36.6 Å². The van der Waals surface area contributed by atoms with Crippen LogP contribution in [0.15, 0.2) is 29.2 Å². The maximum atomic E-state index is 12.2. The van der Waals surface area contributed by atoms with Crippen molar-refractivity contribution in [2.24, 2.45) is 0 Å². The molecule has 3 nitrogen and oxygen atoms in total. The Bertz CT molecular complexity index is 372. The molecule has 0 aromatic heterocycles. The monoisotopic (exact) mass is 250 g/mol. The molecule has 1 aliphatic rings. The summed E-state index contributed by atoms with van der Waals surface area (Å²) in [6, 6.07) is 7.93. The SMILES string of the molecule is CCSc1ccc(C(=O)N2CCNCC2)cc1. The van der Waals surface area contributed by atoms with E-state index in [4.69, 9.17) is 0 Å². The van der Waals surface area contributed by atoms with E-state index in [9.17, 15) is 4.79 Å². The Hall–Kier alpha value is -1.00. The molecule has 0 spiro atoms. The fourth-order valence-corrected chi connectivity index (χ4v) is 2.57. The molecule has 0 aliphatic carbocycles. The van der Waals surface area contributed by atoms with Gasteiger partial charge < -0.3 is 10.2 Å². The molecule has 92 valence electrons. The number of hydrogen-bond donors (Lipinski definition) is 1. The highest BCUT2D eigenvalue weighted by atomic mass is 32.2. The molecule has 1 aromatic rings. The van der Waals surface area contributed by atoms with Crippen molar-refractivity contribution in [1.82, 2.24) is 10.2 Å². The van der Waals surface area contributed by atoms with Crippen LogP contribution in [0.25, 0.3) is 0 Å². The molecule has 0 bridgehead atoms. The van der Waals surface area contributed by atoms with Crippen LogP contribution in [0.3, 0.4) is 0 Å². The quantitative estimate of drug-likeness (QED) is 0.831. The van der Waals surface area contributed by atoms with Crippen molar-refractivity contribution in [3.63, 3.8) is 0 Å². The first-order valence-corrected chi connectivity index (χ1v) is 7.02. The van der Waals surface area contributed by atoms with Gasteiger partial charge in [-0.25, -0.2) is 0 Å². The molecule has 1 amide bonds. The average Bonchev–Trinajstić information content (AvgIpc) is 2.40. The average molecular weight is 250 g/mol. The van der Waals surface area contributed by atoms with Crippen molar-refractivity contribution in [2.45, 2.75) is 11.8 Å². The number of rotatable bonds is 3. The second-order valence-electron chi connectivity index (χ2n) is 4.00. The molecule has 1 heterocycles. The van der Waals surface area contributed by atoms with Crippen LogP contribution in [0.1, 0.15) is 17.3 Å². The van der Waals surface area contributed by atoms with Gasteiger partial charge in [-0.2, -0.15) is 0 Å². The fourth-order valence-electron chi connectivity index (χ4n) is 1.91. The lowest BCUT2D eigenvalue weighted by atomic mass is 10.2. The number of piperazine rings is 1. The Labute approximate surface area is 107 Å². The maximum Gasteiger partial charge on any atom is 0.253 e. The third-order valence-corrected chi connectivity index (χ3v) is 3.71. The van der Waals surface area contributed by atoms with E-state index < -0.39 is 0 Å². The summed E-state index contributed by atoms with van der Waals surface area (Å²) in [5, 5.41) is 3.25. The number of carbonyl (C=O) groups excluding carboxylic acids is 1. The minimum Gasteiger partial charge on any atom is -0.336 e. The van der Waals surface area contributed by atoms with Crippen molar-refractivity contribution in [3.05, 3.63) is 29.8 Å². The van der Waals surface area contributed by atoms with Gasteiger partial charge in [-0.1, -0.05) is 6.92 Å². The van der Waals surface area contributed by atoms with Crippen molar-refractivity contribution in [3.8, 4) is 0 Å². The van der Waals surface area contributed by atoms with E-state index in [0.717, 1.165) is 37.5 Å². The Kier molecular flexibility index (Phi) is 4.45. The van der Waals surface area contributed by atoms with Crippen molar-refractivity contribution < 1.29 is 4.79 Å². The zero-order valence-electron chi connectivity index (χ0n) is 10.1. The topological polar surface area (TPSA) is 32.3 Å². The molecule has 1 aromatic carbocycles. The van der Waals surface area contributed by atoms with E-state index in [2.05, 4.69) is 12.2 Å². The summed E-state index contributed by atoms with van der Waals surface area (Å²) < 4.78 is 0. The molecule has 0 radical (unpaired) electrons. The summed E-state index contributed by atoms with van der Waals surface area (Å²) >= 11 is 1.80. The van der Waals surface area contributed by atoms with Crippen molar-refractivity contribution in [1.29, 1.82) is 0 Å². The number of thioether (sulfide) groups is 1. The first-order chi connectivity index (χ1) is 8.31. The number of nitrogens with one attached hydrogen (secondary N) is 1. The maximum absolute atomic E-state index is 12.2. The van der Waals surface area contributed by atoms with Gasteiger partial charge in [-0.05, 0) is 30.0 Å². The number of nitrogens with zero attached hydrogens (tertiary/aromatic N) is 1. The molecule has 0 saturated carbocycles. The first kappa shape index (κ1) is 12.5. The highest BCUT2D eigenvalue weighted by Gasteiger charge is 2.17. The Morgan fingerprint density at radius 1 is 1.29 bits per heavy atom. The van der Waals surface area contributed by atoms with E-state index in [1.54, 1.807) is 11.8 Å². The highest BCUT2D eigenvalue weighted by Crippen LogP contribution is 2.18. The second kappa shape index (κ2) is 6.07. The van der Waals surface area contributed by atoms with Gasteiger partial charge >= 0.3 is 0 Å². The Morgan fingerprint density at radius 2 is 1.94 bits per heavy atom. The van der Waals surface area contributed by atoms with Gasteiger partial charge in [0.1, 0.15) is 0 Å². The smallest absolute Gasteiger partial charge is 0.253 e. The predicted molar refractivity (Wildman–Crippen MR) is 71.6 cm³/mol. The lowest BCUT2D eigenvalue weighted by molar-refractivity contribution is 0.0736. The van der Waals surface area contributed by atoms with Crippen LogP contribution < -0.4 is 5.32 Å². The molecule has 1 fully saturated rings. The van der Waals surface area contributed by atoms with Crippen LogP contribution >= 0.6 is 11.8 Å². The zero-order chi connectivity index (χ0) is 12.1. The zero-order valence-corrected chi connectivity index (χ0v) is 10.9. The van der Waals surface area contributed by atoms with Gasteiger partial charge in [0.2, 0.25) is 0 Å². The highest BCUT2D eigenvalue weighted by molar-refractivity contribution is 7.99. The normalized spacial score (nSPS) is 15.9. The number of carbonyl (C=O) groups is 1. The molecule has 17 heavy (non-hydrogen) atoms. The largest absolute Gasteiger partial charge is 0.336 e. The minimum atomic E-state index is 0.152. The Balaban J connectivity index is 2.03. The standard InChI is InChI=1S/C13H18N2OS/c1-2-17-12-5-3-11(4-6-12)13(16)15-9-7-14-8-10-15/h3-6,14H,2,7-10H2,1H3. The van der Waals surface area contributed by atoms with E-state index in [-0.39, 0.29) is 5.91 Å². The van der Waals surface area contributed by atoms with Crippen LogP contribution in [0, 0.1) is 0 Å². The van der Waals surface area contributed by atoms with Gasteiger partial charge in [0.25, 0.3) is 5.91 Å². The van der Waals surface area contributed by atoms with Gasteiger partial charge in [0.15, 0.2) is 0 Å². The fraction of sp³-hybridized carbons (Fsp3) is 0.462. The summed E-state index contributed by atoms with van der Waals surface area (Å²) in [6.45, 7) is 5.55. The molecule has 2 rings (SSSR count). The first-order valence-electron chi connectivity index (χ1n) is 6.04. The summed E-state index contributed by atoms with van der Waals surface area (Å²) in [6.07, 6.45) is 0. The lowest BCUT2D eigenvalue weighted by Gasteiger charge is -2.27. The molecule has 0 atom stereocenters. The molecule has 4 heteroatoms. The molecule has 1 saturated heterocycles. The molecule has 1 N–H and O–H groups in total. The van der Waals surface area contributed by atoms with E-state index in [1.807, 2.05) is 29.2 Å². The number of amides is 1.